The molecule has 0 aliphatic carbocycles. The van der Waals surface area contributed by atoms with E-state index in [9.17, 15) is 14.7 Å². The third kappa shape index (κ3) is 1.68. The molecule has 16 heavy (non-hydrogen) atoms. The van der Waals surface area contributed by atoms with Gasteiger partial charge in [-0.15, -0.1) is 0 Å². The highest BCUT2D eigenvalue weighted by Gasteiger charge is 2.57. The second-order valence-corrected chi connectivity index (χ2v) is 4.16. The average molecular weight is 229 g/mol. The summed E-state index contributed by atoms with van der Waals surface area (Å²) < 4.78 is 10.4. The van der Waals surface area contributed by atoms with Crippen molar-refractivity contribution in [2.75, 3.05) is 7.05 Å². The van der Waals surface area contributed by atoms with Crippen molar-refractivity contribution in [2.24, 2.45) is 5.92 Å². The normalized spacial score (nSPS) is 40.8. The molecule has 0 radical (unpaired) electrons. The van der Waals surface area contributed by atoms with Crippen LogP contribution in [0.4, 0.5) is 0 Å². The van der Waals surface area contributed by atoms with Gasteiger partial charge in [0.25, 0.3) is 0 Å². The highest BCUT2D eigenvalue weighted by molar-refractivity contribution is 5.79. The van der Waals surface area contributed by atoms with Crippen molar-refractivity contribution in [1.29, 1.82) is 0 Å². The van der Waals surface area contributed by atoms with Crippen LogP contribution in [-0.4, -0.2) is 48.4 Å². The Morgan fingerprint density at radius 1 is 1.50 bits per heavy atom. The first-order valence-corrected chi connectivity index (χ1v) is 5.27. The van der Waals surface area contributed by atoms with Gasteiger partial charge in [-0.3, -0.25) is 9.59 Å². The molecule has 2 aliphatic heterocycles. The van der Waals surface area contributed by atoms with Crippen molar-refractivity contribution >= 4 is 11.9 Å². The Morgan fingerprint density at radius 3 is 2.69 bits per heavy atom. The lowest BCUT2D eigenvalue weighted by atomic mass is 9.84. The fourth-order valence-corrected chi connectivity index (χ4v) is 2.44. The molecule has 6 nitrogen and oxygen atoms in total. The molecule has 0 aromatic heterocycles. The molecule has 0 aromatic carbocycles. The number of hydrogen-bond donors (Lipinski definition) is 2. The number of esters is 1. The van der Waals surface area contributed by atoms with Crippen molar-refractivity contribution in [3.63, 3.8) is 0 Å². The number of carbonyl (C=O) groups excluding carboxylic acids is 2. The summed E-state index contributed by atoms with van der Waals surface area (Å²) in [7, 11) is 1.55. The maximum atomic E-state index is 11.5. The highest BCUT2D eigenvalue weighted by Crippen LogP contribution is 2.40. The zero-order chi connectivity index (χ0) is 11.9. The largest absolute Gasteiger partial charge is 0.457 e. The minimum Gasteiger partial charge on any atom is -0.457 e. The van der Waals surface area contributed by atoms with E-state index >= 15 is 0 Å². The number of amides is 1. The van der Waals surface area contributed by atoms with Gasteiger partial charge in [0.05, 0.1) is 12.0 Å². The average Bonchev–Trinajstić information content (AvgIpc) is 2.77. The van der Waals surface area contributed by atoms with Gasteiger partial charge in [-0.05, 0) is 6.42 Å². The summed E-state index contributed by atoms with van der Waals surface area (Å²) >= 11 is 0. The van der Waals surface area contributed by atoms with E-state index in [0.717, 1.165) is 0 Å². The smallest absolute Gasteiger partial charge is 0.303 e. The molecule has 2 N–H and O–H groups in total. The molecular formula is C10H15NO5. The molecule has 2 fully saturated rings. The predicted octanol–water partition coefficient (Wildman–Crippen LogP) is -1.19. The van der Waals surface area contributed by atoms with Crippen LogP contribution in [0.15, 0.2) is 0 Å². The molecule has 2 bridgehead atoms. The minimum absolute atomic E-state index is 0.142. The molecule has 6 heteroatoms. The number of nitrogens with one attached hydrogen (secondary N) is 1. The fourth-order valence-electron chi connectivity index (χ4n) is 2.44. The van der Waals surface area contributed by atoms with Crippen LogP contribution in [-0.2, 0) is 19.1 Å². The summed E-state index contributed by atoms with van der Waals surface area (Å²) in [6.45, 7) is 1.27. The van der Waals surface area contributed by atoms with Crippen molar-refractivity contribution in [1.82, 2.24) is 5.32 Å². The van der Waals surface area contributed by atoms with Crippen LogP contribution in [0.5, 0.6) is 0 Å². The molecule has 5 atom stereocenters. The standard InChI is InChI=1S/C10H15NO5/c1-4(12)15-9-7(13)6-3-5(8(9)16-6)10(14)11-2/h5-9,13H,3H2,1-2H3,(H,11,14). The Labute approximate surface area is 92.9 Å². The van der Waals surface area contributed by atoms with Crippen LogP contribution in [0, 0.1) is 5.92 Å². The van der Waals surface area contributed by atoms with Gasteiger partial charge >= 0.3 is 5.97 Å². The predicted molar refractivity (Wildman–Crippen MR) is 52.4 cm³/mol. The van der Waals surface area contributed by atoms with Crippen LogP contribution >= 0.6 is 0 Å². The number of aliphatic hydroxyl groups excluding tert-OH is 1. The number of ether oxygens (including phenoxy) is 2. The summed E-state index contributed by atoms with van der Waals surface area (Å²) in [5.41, 5.74) is 0. The van der Waals surface area contributed by atoms with E-state index in [0.29, 0.717) is 6.42 Å². The SMILES string of the molecule is CNC(=O)C1CC2OC1C(OC(C)=O)C2O. The van der Waals surface area contributed by atoms with Gasteiger partial charge in [-0.1, -0.05) is 0 Å². The summed E-state index contributed by atoms with van der Waals surface area (Å²) in [5.74, 6) is -0.963. The molecule has 2 heterocycles. The lowest BCUT2D eigenvalue weighted by Gasteiger charge is -2.28. The Balaban J connectivity index is 2.10. The monoisotopic (exact) mass is 229 g/mol. The number of rotatable bonds is 2. The van der Waals surface area contributed by atoms with E-state index in [1.54, 1.807) is 7.05 Å². The summed E-state index contributed by atoms with van der Waals surface area (Å²) in [5, 5.41) is 12.3. The molecule has 0 aromatic rings. The quantitative estimate of drug-likeness (QED) is 0.582. The first kappa shape index (κ1) is 11.3. The van der Waals surface area contributed by atoms with Crippen molar-refractivity contribution in [3.05, 3.63) is 0 Å². The van der Waals surface area contributed by atoms with Gasteiger partial charge in [0, 0.05) is 14.0 Å². The number of fused-ring (bicyclic) bond motifs is 2. The second-order valence-electron chi connectivity index (χ2n) is 4.16. The molecule has 1 amide bonds. The van der Waals surface area contributed by atoms with Gasteiger partial charge in [0.1, 0.15) is 12.2 Å². The maximum absolute atomic E-state index is 11.5. The van der Waals surface area contributed by atoms with Gasteiger partial charge in [0.2, 0.25) is 5.91 Å². The molecule has 0 spiro atoms. The zero-order valence-electron chi connectivity index (χ0n) is 9.17. The summed E-state index contributed by atoms with van der Waals surface area (Å²) in [4.78, 5) is 22.4. The number of carbonyl (C=O) groups is 2. The first-order chi connectivity index (χ1) is 7.54. The summed E-state index contributed by atoms with van der Waals surface area (Å²) in [6.07, 6.45) is -2.00. The molecule has 2 aliphatic rings. The number of hydrogen-bond acceptors (Lipinski definition) is 5. The van der Waals surface area contributed by atoms with Gasteiger partial charge in [-0.25, -0.2) is 0 Å². The maximum Gasteiger partial charge on any atom is 0.303 e. The van der Waals surface area contributed by atoms with Crippen LogP contribution < -0.4 is 5.32 Å². The van der Waals surface area contributed by atoms with E-state index < -0.39 is 30.4 Å². The van der Waals surface area contributed by atoms with Crippen LogP contribution in [0.2, 0.25) is 0 Å². The van der Waals surface area contributed by atoms with Gasteiger partial charge in [0.15, 0.2) is 6.10 Å². The molecule has 5 unspecified atom stereocenters. The zero-order valence-corrected chi connectivity index (χ0v) is 9.17. The van der Waals surface area contributed by atoms with Gasteiger partial charge < -0.3 is 19.9 Å². The Kier molecular flexibility index (Phi) is 2.86. The molecule has 2 rings (SSSR count). The van der Waals surface area contributed by atoms with Gasteiger partial charge in [-0.2, -0.15) is 0 Å². The second kappa shape index (κ2) is 4.03. The third-order valence-corrected chi connectivity index (χ3v) is 3.14. The Bertz CT molecular complexity index is 318. The van der Waals surface area contributed by atoms with E-state index in [1.807, 2.05) is 0 Å². The summed E-state index contributed by atoms with van der Waals surface area (Å²) in [6, 6.07) is 0. The van der Waals surface area contributed by atoms with Crippen LogP contribution in [0.3, 0.4) is 0 Å². The van der Waals surface area contributed by atoms with Crippen LogP contribution in [0.1, 0.15) is 13.3 Å². The molecular weight excluding hydrogens is 214 g/mol. The Hall–Kier alpha value is -1.14. The minimum atomic E-state index is -0.824. The number of aliphatic hydroxyl groups is 1. The van der Waals surface area contributed by atoms with Crippen molar-refractivity contribution < 1.29 is 24.2 Å². The lowest BCUT2D eigenvalue weighted by Crippen LogP contribution is -2.48. The van der Waals surface area contributed by atoms with Crippen molar-refractivity contribution in [3.8, 4) is 0 Å². The third-order valence-electron chi connectivity index (χ3n) is 3.14. The molecule has 2 saturated heterocycles. The molecule has 90 valence electrons. The molecule has 0 saturated carbocycles. The highest BCUT2D eigenvalue weighted by atomic mass is 16.6. The van der Waals surface area contributed by atoms with E-state index in [2.05, 4.69) is 5.32 Å². The lowest BCUT2D eigenvalue weighted by molar-refractivity contribution is -0.156. The topological polar surface area (TPSA) is 84.9 Å². The van der Waals surface area contributed by atoms with Crippen molar-refractivity contribution in [2.45, 2.75) is 37.8 Å². The van der Waals surface area contributed by atoms with E-state index in [1.165, 1.54) is 6.92 Å². The van der Waals surface area contributed by atoms with Crippen LogP contribution in [0.25, 0.3) is 0 Å². The van der Waals surface area contributed by atoms with E-state index in [-0.39, 0.29) is 11.8 Å². The van der Waals surface area contributed by atoms with E-state index in [4.69, 9.17) is 9.47 Å². The first-order valence-electron chi connectivity index (χ1n) is 5.27. The Morgan fingerprint density at radius 2 is 2.19 bits per heavy atom. The fraction of sp³-hybridized carbons (Fsp3) is 0.800.